The van der Waals surface area contributed by atoms with Crippen molar-refractivity contribution < 1.29 is 4.42 Å². The average molecular weight is 374 g/mol. The van der Waals surface area contributed by atoms with Crippen molar-refractivity contribution >= 4 is 17.0 Å². The van der Waals surface area contributed by atoms with Crippen LogP contribution in [-0.4, -0.2) is 27.5 Å². The molecule has 0 bridgehead atoms. The number of guanidine groups is 1. The van der Waals surface area contributed by atoms with Crippen molar-refractivity contribution in [2.45, 2.75) is 13.1 Å². The number of aromatic nitrogens is 3. The fourth-order valence-corrected chi connectivity index (χ4v) is 3.01. The average Bonchev–Trinajstić information content (AvgIpc) is 3.34. The molecular weight excluding hydrogens is 352 g/mol. The van der Waals surface area contributed by atoms with Gasteiger partial charge in [0.2, 0.25) is 5.89 Å². The van der Waals surface area contributed by atoms with Crippen LogP contribution in [0.5, 0.6) is 0 Å². The molecule has 2 aromatic heterocycles. The number of hydrogen-bond acceptors (Lipinski definition) is 4. The van der Waals surface area contributed by atoms with Crippen LogP contribution in [-0.2, 0) is 20.1 Å². The van der Waals surface area contributed by atoms with Crippen LogP contribution < -0.4 is 10.6 Å². The third kappa shape index (κ3) is 3.73. The van der Waals surface area contributed by atoms with Gasteiger partial charge < -0.3 is 19.6 Å². The van der Waals surface area contributed by atoms with Crippen molar-refractivity contribution in [2.24, 2.45) is 12.0 Å². The van der Waals surface area contributed by atoms with Gasteiger partial charge >= 0.3 is 0 Å². The summed E-state index contributed by atoms with van der Waals surface area (Å²) in [6.45, 7) is 1.08. The van der Waals surface area contributed by atoms with Crippen LogP contribution in [0.3, 0.4) is 0 Å². The first-order valence-corrected chi connectivity index (χ1v) is 9.09. The molecule has 4 aromatic rings. The highest BCUT2D eigenvalue weighted by molar-refractivity contribution is 5.80. The minimum absolute atomic E-state index is 0.512. The quantitative estimate of drug-likeness (QED) is 0.414. The normalized spacial score (nSPS) is 11.7. The van der Waals surface area contributed by atoms with Gasteiger partial charge in [-0.15, -0.1) is 0 Å². The van der Waals surface area contributed by atoms with Crippen LogP contribution in [0.15, 0.2) is 70.3 Å². The number of nitrogens with one attached hydrogen (secondary N) is 2. The van der Waals surface area contributed by atoms with Gasteiger partial charge in [0.15, 0.2) is 5.96 Å². The lowest BCUT2D eigenvalue weighted by atomic mass is 10.2. The maximum atomic E-state index is 5.57. The maximum absolute atomic E-state index is 5.57. The minimum Gasteiger partial charge on any atom is -0.444 e. The topological polar surface area (TPSA) is 80.3 Å². The molecule has 0 amide bonds. The molecule has 0 fully saturated rings. The zero-order chi connectivity index (χ0) is 19.3. The Balaban J connectivity index is 1.36. The summed E-state index contributed by atoms with van der Waals surface area (Å²) in [5.41, 5.74) is 3.86. The van der Waals surface area contributed by atoms with E-state index in [4.69, 9.17) is 4.42 Å². The van der Waals surface area contributed by atoms with Crippen molar-refractivity contribution in [3.05, 3.63) is 72.4 Å². The largest absolute Gasteiger partial charge is 0.444 e. The van der Waals surface area contributed by atoms with Gasteiger partial charge in [0, 0.05) is 19.7 Å². The van der Waals surface area contributed by atoms with E-state index < -0.39 is 0 Å². The summed E-state index contributed by atoms with van der Waals surface area (Å²) in [5.74, 6) is 2.23. The Hall–Kier alpha value is -3.61. The van der Waals surface area contributed by atoms with E-state index in [2.05, 4.69) is 36.2 Å². The summed E-state index contributed by atoms with van der Waals surface area (Å²) in [7, 11) is 3.76. The molecule has 0 spiro atoms. The van der Waals surface area contributed by atoms with Gasteiger partial charge in [-0.2, -0.15) is 0 Å². The fraction of sp³-hybridized carbons (Fsp3) is 0.190. The summed E-state index contributed by atoms with van der Waals surface area (Å²) in [4.78, 5) is 13.4. The van der Waals surface area contributed by atoms with E-state index in [0.717, 1.165) is 28.1 Å². The Morgan fingerprint density at radius 3 is 2.54 bits per heavy atom. The minimum atomic E-state index is 0.512. The number of nitrogens with zero attached hydrogens (tertiary/aromatic N) is 4. The van der Waals surface area contributed by atoms with Crippen molar-refractivity contribution in [1.82, 2.24) is 25.2 Å². The third-order valence-corrected chi connectivity index (χ3v) is 4.53. The predicted octanol–water partition coefficient (Wildman–Crippen LogP) is 3.09. The Morgan fingerprint density at radius 2 is 1.75 bits per heavy atom. The summed E-state index contributed by atoms with van der Waals surface area (Å²) >= 11 is 0. The molecule has 0 unspecified atom stereocenters. The molecule has 7 nitrogen and oxygen atoms in total. The molecule has 2 aromatic carbocycles. The molecule has 2 heterocycles. The first-order valence-electron chi connectivity index (χ1n) is 9.09. The van der Waals surface area contributed by atoms with Crippen LogP contribution in [0.4, 0.5) is 0 Å². The van der Waals surface area contributed by atoms with Gasteiger partial charge in [-0.3, -0.25) is 4.99 Å². The van der Waals surface area contributed by atoms with Crippen molar-refractivity contribution in [2.75, 3.05) is 7.05 Å². The summed E-state index contributed by atoms with van der Waals surface area (Å²) in [5, 5.41) is 6.55. The van der Waals surface area contributed by atoms with Crippen LogP contribution in [0.25, 0.3) is 22.5 Å². The van der Waals surface area contributed by atoms with Gasteiger partial charge in [-0.25, -0.2) is 9.97 Å². The second-order valence-corrected chi connectivity index (χ2v) is 6.37. The standard InChI is InChI=1S/C21H22N6O/c1-22-21(24-13-19-26-17-10-6-7-11-18(17)27(19)2)23-12-16-14-28-20(25-16)15-8-4-3-5-9-15/h3-11,14H,12-13H2,1-2H3,(H2,22,23,24). The number of aliphatic imine (C=N–C) groups is 1. The Kier molecular flexibility index (Phi) is 5.05. The monoisotopic (exact) mass is 374 g/mol. The highest BCUT2D eigenvalue weighted by atomic mass is 16.3. The van der Waals surface area contributed by atoms with Crippen LogP contribution in [0, 0.1) is 0 Å². The summed E-state index contributed by atoms with van der Waals surface area (Å²) < 4.78 is 7.65. The van der Waals surface area contributed by atoms with E-state index in [-0.39, 0.29) is 0 Å². The van der Waals surface area contributed by atoms with E-state index in [1.807, 2.05) is 55.6 Å². The molecule has 7 heteroatoms. The van der Waals surface area contributed by atoms with Crippen molar-refractivity contribution in [1.29, 1.82) is 0 Å². The number of para-hydroxylation sites is 2. The first-order chi connectivity index (χ1) is 13.7. The lowest BCUT2D eigenvalue weighted by molar-refractivity contribution is 0.572. The van der Waals surface area contributed by atoms with Gasteiger partial charge in [-0.1, -0.05) is 30.3 Å². The molecule has 4 rings (SSSR count). The summed E-state index contributed by atoms with van der Waals surface area (Å²) in [6.07, 6.45) is 1.66. The number of hydrogen-bond donors (Lipinski definition) is 2. The third-order valence-electron chi connectivity index (χ3n) is 4.53. The van der Waals surface area contributed by atoms with Gasteiger partial charge in [-0.05, 0) is 24.3 Å². The zero-order valence-electron chi connectivity index (χ0n) is 15.9. The number of imidazole rings is 1. The van der Waals surface area contributed by atoms with E-state index in [1.54, 1.807) is 13.3 Å². The number of benzene rings is 2. The van der Waals surface area contributed by atoms with E-state index in [1.165, 1.54) is 0 Å². The highest BCUT2D eigenvalue weighted by Crippen LogP contribution is 2.17. The molecule has 0 atom stereocenters. The zero-order valence-corrected chi connectivity index (χ0v) is 15.9. The molecule has 0 aliphatic rings. The molecule has 0 aliphatic carbocycles. The second-order valence-electron chi connectivity index (χ2n) is 6.37. The molecule has 0 aliphatic heterocycles. The Bertz CT molecular complexity index is 1100. The van der Waals surface area contributed by atoms with E-state index in [0.29, 0.717) is 24.9 Å². The van der Waals surface area contributed by atoms with Gasteiger partial charge in [0.25, 0.3) is 0 Å². The van der Waals surface area contributed by atoms with E-state index >= 15 is 0 Å². The fourth-order valence-electron chi connectivity index (χ4n) is 3.01. The summed E-state index contributed by atoms with van der Waals surface area (Å²) in [6, 6.07) is 17.9. The lowest BCUT2D eigenvalue weighted by Gasteiger charge is -2.10. The molecule has 0 saturated heterocycles. The molecule has 142 valence electrons. The number of rotatable bonds is 5. The lowest BCUT2D eigenvalue weighted by Crippen LogP contribution is -2.37. The maximum Gasteiger partial charge on any atom is 0.226 e. The molecular formula is C21H22N6O. The molecule has 0 radical (unpaired) electrons. The Morgan fingerprint density at radius 1 is 1.00 bits per heavy atom. The number of oxazole rings is 1. The molecule has 28 heavy (non-hydrogen) atoms. The first kappa shape index (κ1) is 17.8. The van der Waals surface area contributed by atoms with Gasteiger partial charge in [0.05, 0.1) is 29.8 Å². The van der Waals surface area contributed by atoms with Crippen molar-refractivity contribution in [3.8, 4) is 11.5 Å². The SMILES string of the molecule is CN=C(NCc1coc(-c2ccccc2)n1)NCc1nc2ccccc2n1C. The van der Waals surface area contributed by atoms with Crippen molar-refractivity contribution in [3.63, 3.8) is 0 Å². The molecule has 2 N–H and O–H groups in total. The number of aryl methyl sites for hydroxylation is 1. The van der Waals surface area contributed by atoms with Crippen LogP contribution in [0.2, 0.25) is 0 Å². The van der Waals surface area contributed by atoms with Gasteiger partial charge in [0.1, 0.15) is 12.1 Å². The Labute approximate surface area is 163 Å². The smallest absolute Gasteiger partial charge is 0.226 e. The highest BCUT2D eigenvalue weighted by Gasteiger charge is 2.09. The molecule has 0 saturated carbocycles. The van der Waals surface area contributed by atoms with E-state index in [9.17, 15) is 0 Å². The van der Waals surface area contributed by atoms with Crippen LogP contribution >= 0.6 is 0 Å². The number of fused-ring (bicyclic) bond motifs is 1. The predicted molar refractivity (Wildman–Crippen MR) is 110 cm³/mol. The van der Waals surface area contributed by atoms with Crippen LogP contribution in [0.1, 0.15) is 11.5 Å². The second kappa shape index (κ2) is 7.96.